The molecule has 6 heteroatoms. The third-order valence-corrected chi connectivity index (χ3v) is 2.16. The van der Waals surface area contributed by atoms with Gasteiger partial charge in [0, 0.05) is 6.54 Å². The Morgan fingerprint density at radius 1 is 1.69 bits per heavy atom. The molecule has 90 valence electrons. The highest BCUT2D eigenvalue weighted by Gasteiger charge is 2.16. The van der Waals surface area contributed by atoms with Gasteiger partial charge in [-0.2, -0.15) is 5.10 Å². The molecule has 0 aliphatic carbocycles. The maximum atomic E-state index is 11.6. The Balaban J connectivity index is 2.69. The minimum absolute atomic E-state index is 0.189. The Morgan fingerprint density at radius 2 is 2.38 bits per heavy atom. The topological polar surface area (TPSA) is 104 Å². The van der Waals surface area contributed by atoms with Crippen molar-refractivity contribution in [3.8, 4) is 0 Å². The van der Waals surface area contributed by atoms with Crippen molar-refractivity contribution < 1.29 is 9.90 Å². The molecule has 0 bridgehead atoms. The first-order chi connectivity index (χ1) is 7.56. The quantitative estimate of drug-likeness (QED) is 0.569. The summed E-state index contributed by atoms with van der Waals surface area (Å²) >= 11 is 0. The number of hydrogen-bond donors (Lipinski definition) is 4. The van der Waals surface area contributed by atoms with E-state index in [4.69, 9.17) is 10.8 Å². The molecule has 5 N–H and O–H groups in total. The second kappa shape index (κ2) is 5.50. The zero-order valence-corrected chi connectivity index (χ0v) is 9.58. The summed E-state index contributed by atoms with van der Waals surface area (Å²) in [6.45, 7) is 3.80. The van der Waals surface area contributed by atoms with Gasteiger partial charge in [-0.15, -0.1) is 0 Å². The van der Waals surface area contributed by atoms with Crippen LogP contribution in [0.2, 0.25) is 0 Å². The van der Waals surface area contributed by atoms with E-state index >= 15 is 0 Å². The van der Waals surface area contributed by atoms with Gasteiger partial charge in [-0.3, -0.25) is 9.89 Å². The first kappa shape index (κ1) is 12.5. The first-order valence-electron chi connectivity index (χ1n) is 5.35. The van der Waals surface area contributed by atoms with Crippen LogP contribution in [0.15, 0.2) is 0 Å². The van der Waals surface area contributed by atoms with Crippen molar-refractivity contribution in [1.82, 2.24) is 15.5 Å². The van der Waals surface area contributed by atoms with Crippen molar-refractivity contribution in [3.63, 3.8) is 0 Å². The van der Waals surface area contributed by atoms with Gasteiger partial charge in [-0.25, -0.2) is 0 Å². The molecule has 0 unspecified atom stereocenters. The van der Waals surface area contributed by atoms with Crippen LogP contribution in [0, 0.1) is 0 Å². The molecule has 0 spiro atoms. The van der Waals surface area contributed by atoms with Crippen molar-refractivity contribution in [3.05, 3.63) is 11.4 Å². The largest absolute Gasteiger partial charge is 0.395 e. The van der Waals surface area contributed by atoms with Gasteiger partial charge in [0.1, 0.15) is 0 Å². The third kappa shape index (κ3) is 2.96. The summed E-state index contributed by atoms with van der Waals surface area (Å²) in [5.41, 5.74) is 7.15. The van der Waals surface area contributed by atoms with Gasteiger partial charge in [0.15, 0.2) is 5.69 Å². The Hall–Kier alpha value is -1.56. The molecule has 1 amide bonds. The van der Waals surface area contributed by atoms with E-state index in [1.54, 1.807) is 6.92 Å². The van der Waals surface area contributed by atoms with Crippen molar-refractivity contribution in [2.45, 2.75) is 32.8 Å². The van der Waals surface area contributed by atoms with E-state index < -0.39 is 6.10 Å². The van der Waals surface area contributed by atoms with Crippen LogP contribution in [0.25, 0.3) is 0 Å². The molecule has 6 nitrogen and oxygen atoms in total. The molecule has 1 aromatic heterocycles. The van der Waals surface area contributed by atoms with E-state index in [9.17, 15) is 4.79 Å². The fourth-order valence-electron chi connectivity index (χ4n) is 1.32. The van der Waals surface area contributed by atoms with Crippen molar-refractivity contribution >= 4 is 11.6 Å². The number of anilines is 1. The number of nitrogens with two attached hydrogens (primary N) is 1. The van der Waals surface area contributed by atoms with E-state index in [1.807, 2.05) is 6.92 Å². The molecular formula is C10H18N4O2. The van der Waals surface area contributed by atoms with Crippen LogP contribution >= 0.6 is 0 Å². The van der Waals surface area contributed by atoms with Gasteiger partial charge in [-0.05, 0) is 13.3 Å². The smallest absolute Gasteiger partial charge is 0.274 e. The number of aromatic nitrogens is 2. The summed E-state index contributed by atoms with van der Waals surface area (Å²) in [7, 11) is 0. The van der Waals surface area contributed by atoms with E-state index in [0.29, 0.717) is 5.69 Å². The van der Waals surface area contributed by atoms with Gasteiger partial charge in [0.25, 0.3) is 5.91 Å². The van der Waals surface area contributed by atoms with Crippen LogP contribution in [0.3, 0.4) is 0 Å². The van der Waals surface area contributed by atoms with Gasteiger partial charge in [0.2, 0.25) is 0 Å². The zero-order valence-electron chi connectivity index (χ0n) is 9.58. The monoisotopic (exact) mass is 226 g/mol. The summed E-state index contributed by atoms with van der Waals surface area (Å²) in [5.74, 6) is -0.364. The number of rotatable bonds is 5. The van der Waals surface area contributed by atoms with E-state index in [-0.39, 0.29) is 18.1 Å². The van der Waals surface area contributed by atoms with Crippen LogP contribution < -0.4 is 11.1 Å². The molecule has 0 fully saturated rings. The number of carbonyl (C=O) groups excluding carboxylic acids is 1. The number of aliphatic hydroxyl groups is 1. The predicted octanol–water partition coefficient (Wildman–Crippen LogP) is 0.0550. The number of carbonyl (C=O) groups is 1. The van der Waals surface area contributed by atoms with Crippen molar-refractivity contribution in [2.75, 3.05) is 12.3 Å². The Labute approximate surface area is 94.2 Å². The van der Waals surface area contributed by atoms with Gasteiger partial charge in [-0.1, -0.05) is 13.3 Å². The standard InChI is InChI=1S/C10H18N4O2/c1-3-4-7-8(11)9(14-13-7)10(16)12-5-6(2)15/h6,15H,3-5,11H2,1-2H3,(H,12,16)(H,13,14)/t6-/m0/s1. The average molecular weight is 226 g/mol. The Kier molecular flexibility index (Phi) is 4.30. The number of hydrogen-bond acceptors (Lipinski definition) is 4. The molecular weight excluding hydrogens is 208 g/mol. The van der Waals surface area contributed by atoms with E-state index in [1.165, 1.54) is 0 Å². The number of aromatic amines is 1. The number of nitrogen functional groups attached to an aromatic ring is 1. The first-order valence-corrected chi connectivity index (χ1v) is 5.35. The lowest BCUT2D eigenvalue weighted by molar-refractivity contribution is 0.0920. The normalized spacial score (nSPS) is 12.4. The second-order valence-corrected chi connectivity index (χ2v) is 3.77. The molecule has 0 saturated heterocycles. The highest BCUT2D eigenvalue weighted by Crippen LogP contribution is 2.15. The zero-order chi connectivity index (χ0) is 12.1. The number of nitrogens with one attached hydrogen (secondary N) is 2. The highest BCUT2D eigenvalue weighted by molar-refractivity contribution is 5.97. The minimum Gasteiger partial charge on any atom is -0.395 e. The van der Waals surface area contributed by atoms with E-state index in [2.05, 4.69) is 15.5 Å². The fraction of sp³-hybridized carbons (Fsp3) is 0.600. The average Bonchev–Trinajstić information content (AvgIpc) is 2.58. The maximum absolute atomic E-state index is 11.6. The van der Waals surface area contributed by atoms with Crippen molar-refractivity contribution in [1.29, 1.82) is 0 Å². The lowest BCUT2D eigenvalue weighted by Crippen LogP contribution is -2.31. The second-order valence-electron chi connectivity index (χ2n) is 3.77. The van der Waals surface area contributed by atoms with Crippen LogP contribution in [0.5, 0.6) is 0 Å². The molecule has 1 heterocycles. The predicted molar refractivity (Wildman–Crippen MR) is 61.0 cm³/mol. The van der Waals surface area contributed by atoms with Crippen LogP contribution in [-0.2, 0) is 6.42 Å². The number of aliphatic hydroxyl groups excluding tert-OH is 1. The molecule has 0 aliphatic heterocycles. The number of nitrogens with zero attached hydrogens (tertiary/aromatic N) is 1. The highest BCUT2D eigenvalue weighted by atomic mass is 16.3. The molecule has 0 radical (unpaired) electrons. The lowest BCUT2D eigenvalue weighted by Gasteiger charge is -2.05. The molecule has 1 aromatic rings. The molecule has 0 aliphatic rings. The molecule has 0 saturated carbocycles. The lowest BCUT2D eigenvalue weighted by atomic mass is 10.2. The Morgan fingerprint density at radius 3 is 2.94 bits per heavy atom. The molecule has 16 heavy (non-hydrogen) atoms. The summed E-state index contributed by atoms with van der Waals surface area (Å²) in [5, 5.41) is 18.2. The SMILES string of the molecule is CCCc1[nH]nc(C(=O)NC[C@H](C)O)c1N. The van der Waals surface area contributed by atoms with Gasteiger partial charge < -0.3 is 16.2 Å². The minimum atomic E-state index is -0.584. The third-order valence-electron chi connectivity index (χ3n) is 2.16. The van der Waals surface area contributed by atoms with Gasteiger partial charge >= 0.3 is 0 Å². The van der Waals surface area contributed by atoms with Crippen molar-refractivity contribution in [2.24, 2.45) is 0 Å². The summed E-state index contributed by atoms with van der Waals surface area (Å²) in [6.07, 6.45) is 1.11. The van der Waals surface area contributed by atoms with E-state index in [0.717, 1.165) is 18.5 Å². The summed E-state index contributed by atoms with van der Waals surface area (Å²) < 4.78 is 0. The number of aryl methyl sites for hydroxylation is 1. The molecule has 1 rings (SSSR count). The fourth-order valence-corrected chi connectivity index (χ4v) is 1.32. The summed E-state index contributed by atoms with van der Waals surface area (Å²) in [4.78, 5) is 11.6. The number of H-pyrrole nitrogens is 1. The Bertz CT molecular complexity index is 360. The molecule has 0 aromatic carbocycles. The maximum Gasteiger partial charge on any atom is 0.274 e. The summed E-state index contributed by atoms with van der Waals surface area (Å²) in [6, 6.07) is 0. The van der Waals surface area contributed by atoms with Crippen LogP contribution in [0.4, 0.5) is 5.69 Å². The number of amides is 1. The van der Waals surface area contributed by atoms with Crippen LogP contribution in [-0.4, -0.2) is 33.9 Å². The molecule has 1 atom stereocenters. The van der Waals surface area contributed by atoms with Crippen LogP contribution in [0.1, 0.15) is 36.5 Å². The van der Waals surface area contributed by atoms with Gasteiger partial charge in [0.05, 0.1) is 17.5 Å².